The van der Waals surface area contributed by atoms with Crippen LogP contribution in [0.3, 0.4) is 0 Å². The molecule has 0 saturated heterocycles. The smallest absolute Gasteiger partial charge is 0.251 e. The van der Waals surface area contributed by atoms with Crippen LogP contribution in [-0.2, 0) is 13.7 Å². The standard InChI is InChI=1S/C21H22ClN3O2/c1-14(18-12-23-25(3)15(18)2)24-21(26)17-8-6-7-16(11-17)13-27-20-10-5-4-9-19(20)22/h4-12,14H,13H2,1-3H3,(H,24,26). The molecular formula is C21H22ClN3O2. The lowest BCUT2D eigenvalue weighted by molar-refractivity contribution is 0.0939. The van der Waals surface area contributed by atoms with E-state index >= 15 is 0 Å². The zero-order chi connectivity index (χ0) is 19.4. The molecule has 0 bridgehead atoms. The first-order valence-corrected chi connectivity index (χ1v) is 9.09. The number of nitrogens with zero attached hydrogens (tertiary/aromatic N) is 2. The average molecular weight is 384 g/mol. The molecule has 3 aromatic rings. The predicted molar refractivity (Wildman–Crippen MR) is 106 cm³/mol. The largest absolute Gasteiger partial charge is 0.487 e. The van der Waals surface area contributed by atoms with Crippen molar-refractivity contribution < 1.29 is 9.53 Å². The van der Waals surface area contributed by atoms with Crippen molar-refractivity contribution in [2.45, 2.75) is 26.5 Å². The summed E-state index contributed by atoms with van der Waals surface area (Å²) in [5.74, 6) is 0.486. The van der Waals surface area contributed by atoms with Crippen LogP contribution in [0.5, 0.6) is 5.75 Å². The van der Waals surface area contributed by atoms with Gasteiger partial charge in [0.1, 0.15) is 12.4 Å². The number of hydrogen-bond acceptors (Lipinski definition) is 3. The summed E-state index contributed by atoms with van der Waals surface area (Å²) in [7, 11) is 1.88. The van der Waals surface area contributed by atoms with E-state index in [-0.39, 0.29) is 11.9 Å². The number of rotatable bonds is 6. The van der Waals surface area contributed by atoms with Crippen LogP contribution in [0.1, 0.15) is 40.1 Å². The fourth-order valence-electron chi connectivity index (χ4n) is 2.82. The van der Waals surface area contributed by atoms with Crippen molar-refractivity contribution >= 4 is 17.5 Å². The summed E-state index contributed by atoms with van der Waals surface area (Å²) in [5.41, 5.74) is 3.52. The van der Waals surface area contributed by atoms with Crippen molar-refractivity contribution in [1.29, 1.82) is 0 Å². The molecule has 2 aromatic carbocycles. The summed E-state index contributed by atoms with van der Waals surface area (Å²) in [6, 6.07) is 14.6. The number of para-hydroxylation sites is 1. The third kappa shape index (κ3) is 4.49. The number of ether oxygens (including phenoxy) is 1. The summed E-state index contributed by atoms with van der Waals surface area (Å²) in [6.45, 7) is 4.27. The van der Waals surface area contributed by atoms with Gasteiger partial charge in [-0.2, -0.15) is 5.10 Å². The molecule has 0 radical (unpaired) electrons. The number of aryl methyl sites for hydroxylation is 1. The predicted octanol–water partition coefficient (Wildman–Crippen LogP) is 4.45. The minimum Gasteiger partial charge on any atom is -0.487 e. The van der Waals surface area contributed by atoms with Crippen LogP contribution < -0.4 is 10.1 Å². The molecule has 1 aromatic heterocycles. The number of hydrogen-bond donors (Lipinski definition) is 1. The van der Waals surface area contributed by atoms with Crippen LogP contribution in [0, 0.1) is 6.92 Å². The Morgan fingerprint density at radius 2 is 2.04 bits per heavy atom. The van der Waals surface area contributed by atoms with E-state index in [4.69, 9.17) is 16.3 Å². The van der Waals surface area contributed by atoms with Gasteiger partial charge < -0.3 is 10.1 Å². The summed E-state index contributed by atoms with van der Waals surface area (Å²) in [5, 5.41) is 7.81. The highest BCUT2D eigenvalue weighted by Crippen LogP contribution is 2.24. The lowest BCUT2D eigenvalue weighted by atomic mass is 10.1. The third-order valence-electron chi connectivity index (χ3n) is 4.51. The molecule has 0 aliphatic carbocycles. The average Bonchev–Trinajstić information content (AvgIpc) is 3.00. The maximum atomic E-state index is 12.6. The van der Waals surface area contributed by atoms with Crippen LogP contribution in [0.15, 0.2) is 54.7 Å². The van der Waals surface area contributed by atoms with Crippen molar-refractivity contribution in [3.05, 3.63) is 82.1 Å². The molecule has 1 atom stereocenters. The fraction of sp³-hybridized carbons (Fsp3) is 0.238. The molecule has 1 N–H and O–H groups in total. The Morgan fingerprint density at radius 3 is 2.74 bits per heavy atom. The number of nitrogens with one attached hydrogen (secondary N) is 1. The molecule has 1 amide bonds. The van der Waals surface area contributed by atoms with Gasteiger partial charge >= 0.3 is 0 Å². The van der Waals surface area contributed by atoms with E-state index in [2.05, 4.69) is 10.4 Å². The SMILES string of the molecule is Cc1c(C(C)NC(=O)c2cccc(COc3ccccc3Cl)c2)cnn1C. The quantitative estimate of drug-likeness (QED) is 0.684. The Morgan fingerprint density at radius 1 is 1.26 bits per heavy atom. The van der Waals surface area contributed by atoms with Gasteiger partial charge in [0.15, 0.2) is 0 Å². The summed E-state index contributed by atoms with van der Waals surface area (Å²) < 4.78 is 7.55. The van der Waals surface area contributed by atoms with E-state index in [9.17, 15) is 4.79 Å². The molecule has 1 unspecified atom stereocenters. The zero-order valence-electron chi connectivity index (χ0n) is 15.6. The van der Waals surface area contributed by atoms with Gasteiger partial charge in [0.25, 0.3) is 5.91 Å². The number of aromatic nitrogens is 2. The highest BCUT2D eigenvalue weighted by molar-refractivity contribution is 6.32. The zero-order valence-corrected chi connectivity index (χ0v) is 16.3. The van der Waals surface area contributed by atoms with Crippen molar-refractivity contribution in [3.63, 3.8) is 0 Å². The van der Waals surface area contributed by atoms with E-state index in [1.807, 2.05) is 57.3 Å². The number of amides is 1. The lowest BCUT2D eigenvalue weighted by Gasteiger charge is -2.14. The van der Waals surface area contributed by atoms with E-state index in [0.717, 1.165) is 16.8 Å². The molecule has 1 heterocycles. The minimum absolute atomic E-state index is 0.130. The van der Waals surface area contributed by atoms with Gasteiger partial charge in [0.05, 0.1) is 17.3 Å². The van der Waals surface area contributed by atoms with Crippen LogP contribution in [-0.4, -0.2) is 15.7 Å². The summed E-state index contributed by atoms with van der Waals surface area (Å²) in [4.78, 5) is 12.6. The Hall–Kier alpha value is -2.79. The highest BCUT2D eigenvalue weighted by atomic mass is 35.5. The monoisotopic (exact) mass is 383 g/mol. The second-order valence-corrected chi connectivity index (χ2v) is 6.83. The molecule has 0 saturated carbocycles. The molecule has 0 aliphatic rings. The van der Waals surface area contributed by atoms with Crippen LogP contribution in [0.25, 0.3) is 0 Å². The van der Waals surface area contributed by atoms with Crippen LogP contribution in [0.2, 0.25) is 5.02 Å². The van der Waals surface area contributed by atoms with E-state index < -0.39 is 0 Å². The number of benzene rings is 2. The van der Waals surface area contributed by atoms with Gasteiger partial charge in [-0.15, -0.1) is 0 Å². The first-order valence-electron chi connectivity index (χ1n) is 8.71. The molecule has 3 rings (SSSR count). The lowest BCUT2D eigenvalue weighted by Crippen LogP contribution is -2.27. The molecule has 0 aliphatic heterocycles. The molecule has 140 valence electrons. The number of carbonyl (C=O) groups is 1. The number of carbonyl (C=O) groups excluding carboxylic acids is 1. The first-order chi connectivity index (χ1) is 13.0. The highest BCUT2D eigenvalue weighted by Gasteiger charge is 2.16. The van der Waals surface area contributed by atoms with Crippen molar-refractivity contribution in [1.82, 2.24) is 15.1 Å². The van der Waals surface area contributed by atoms with Crippen LogP contribution in [0.4, 0.5) is 0 Å². The van der Waals surface area contributed by atoms with Gasteiger partial charge in [-0.3, -0.25) is 9.48 Å². The van der Waals surface area contributed by atoms with Gasteiger partial charge in [0.2, 0.25) is 0 Å². The minimum atomic E-state index is -0.134. The maximum absolute atomic E-state index is 12.6. The normalized spacial score (nSPS) is 11.9. The van der Waals surface area contributed by atoms with Crippen molar-refractivity contribution in [2.24, 2.45) is 7.05 Å². The summed E-state index contributed by atoms with van der Waals surface area (Å²) in [6.07, 6.45) is 1.79. The van der Waals surface area contributed by atoms with Gasteiger partial charge in [-0.25, -0.2) is 0 Å². The topological polar surface area (TPSA) is 56.1 Å². The van der Waals surface area contributed by atoms with Crippen LogP contribution >= 0.6 is 11.6 Å². The third-order valence-corrected chi connectivity index (χ3v) is 4.82. The molecule has 0 fully saturated rings. The van der Waals surface area contributed by atoms with Gasteiger partial charge in [0, 0.05) is 23.9 Å². The molecule has 0 spiro atoms. The van der Waals surface area contributed by atoms with E-state index in [0.29, 0.717) is 22.9 Å². The first kappa shape index (κ1) is 19.0. The fourth-order valence-corrected chi connectivity index (χ4v) is 3.01. The Bertz CT molecular complexity index is 952. The molecule has 5 nitrogen and oxygen atoms in total. The van der Waals surface area contributed by atoms with Crippen molar-refractivity contribution in [3.8, 4) is 5.75 Å². The Balaban J connectivity index is 1.66. The van der Waals surface area contributed by atoms with Gasteiger partial charge in [-0.05, 0) is 43.7 Å². The molecular weight excluding hydrogens is 362 g/mol. The Labute approximate surface area is 163 Å². The molecule has 6 heteroatoms. The van der Waals surface area contributed by atoms with Crippen molar-refractivity contribution in [2.75, 3.05) is 0 Å². The van der Waals surface area contributed by atoms with E-state index in [1.54, 1.807) is 23.0 Å². The number of halogens is 1. The second kappa shape index (κ2) is 8.27. The summed E-state index contributed by atoms with van der Waals surface area (Å²) >= 11 is 6.11. The van der Waals surface area contributed by atoms with E-state index in [1.165, 1.54) is 0 Å². The Kier molecular flexibility index (Phi) is 5.81. The second-order valence-electron chi connectivity index (χ2n) is 6.42. The molecule has 27 heavy (non-hydrogen) atoms. The van der Waals surface area contributed by atoms with Gasteiger partial charge in [-0.1, -0.05) is 35.9 Å². The maximum Gasteiger partial charge on any atom is 0.251 e.